The van der Waals surface area contributed by atoms with E-state index in [1.807, 2.05) is 5.06 Å². The number of ether oxygens (including phenoxy) is 1. The van der Waals surface area contributed by atoms with Gasteiger partial charge in [-0.1, -0.05) is 0 Å². The summed E-state index contributed by atoms with van der Waals surface area (Å²) < 4.78 is 5.18. The van der Waals surface area contributed by atoms with E-state index in [-0.39, 0.29) is 6.23 Å². The molecule has 0 radical (unpaired) electrons. The summed E-state index contributed by atoms with van der Waals surface area (Å²) in [5.41, 5.74) is 0. The van der Waals surface area contributed by atoms with Gasteiger partial charge in [-0.15, -0.1) is 0 Å². The molecule has 0 spiro atoms. The van der Waals surface area contributed by atoms with E-state index in [2.05, 4.69) is 0 Å². The van der Waals surface area contributed by atoms with Crippen LogP contribution >= 0.6 is 0 Å². The maximum atomic E-state index is 5.18. The van der Waals surface area contributed by atoms with Crippen molar-refractivity contribution in [1.82, 2.24) is 5.06 Å². The molecule has 2 heterocycles. The fraction of sp³-hybridized carbons (Fsp3) is 1.00. The average Bonchev–Trinajstić information content (AvgIpc) is 2.15. The highest BCUT2D eigenvalue weighted by Crippen LogP contribution is 2.22. The molecular weight excluding hydrogens is 106 g/mol. The first-order valence-corrected chi connectivity index (χ1v) is 2.98. The van der Waals surface area contributed by atoms with Crippen molar-refractivity contribution in [2.24, 2.45) is 0 Å². The van der Waals surface area contributed by atoms with E-state index in [0.717, 1.165) is 13.0 Å². The maximum Gasteiger partial charge on any atom is 0.169 e. The van der Waals surface area contributed by atoms with Crippen LogP contribution in [0.3, 0.4) is 0 Å². The number of rotatable bonds is 0. The Labute approximate surface area is 48.1 Å². The highest BCUT2D eigenvalue weighted by atomic mass is 16.8. The topological polar surface area (TPSA) is 21.7 Å². The Balaban J connectivity index is 2.04. The monoisotopic (exact) mass is 115 g/mol. The molecule has 2 fully saturated rings. The zero-order chi connectivity index (χ0) is 5.40. The number of hydrogen-bond donors (Lipinski definition) is 0. The van der Waals surface area contributed by atoms with Gasteiger partial charge in [-0.3, -0.25) is 4.84 Å². The molecular formula is C5H9NO2. The molecule has 3 nitrogen and oxygen atoms in total. The number of hydroxylamine groups is 2. The van der Waals surface area contributed by atoms with Gasteiger partial charge in [0.15, 0.2) is 6.79 Å². The highest BCUT2D eigenvalue weighted by Gasteiger charge is 2.30. The fourth-order valence-electron chi connectivity index (χ4n) is 1.20. The summed E-state index contributed by atoms with van der Waals surface area (Å²) in [6.45, 7) is 1.51. The first-order chi connectivity index (χ1) is 3.97. The number of hydrogen-bond acceptors (Lipinski definition) is 3. The molecule has 1 atom stereocenters. The Kier molecular flexibility index (Phi) is 0.997. The molecule has 46 valence electrons. The molecule has 0 N–H and O–H groups in total. The van der Waals surface area contributed by atoms with Crippen molar-refractivity contribution in [3.63, 3.8) is 0 Å². The van der Waals surface area contributed by atoms with Gasteiger partial charge in [0.05, 0.1) is 0 Å². The summed E-state index contributed by atoms with van der Waals surface area (Å²) in [6, 6.07) is 0. The number of fused-ring (bicyclic) bond motifs is 1. The van der Waals surface area contributed by atoms with Gasteiger partial charge in [-0.25, -0.2) is 0 Å². The third-order valence-corrected chi connectivity index (χ3v) is 1.63. The fourth-order valence-corrected chi connectivity index (χ4v) is 1.20. The largest absolute Gasteiger partial charge is 0.333 e. The lowest BCUT2D eigenvalue weighted by molar-refractivity contribution is -0.113. The van der Waals surface area contributed by atoms with Crippen LogP contribution in [0.15, 0.2) is 0 Å². The van der Waals surface area contributed by atoms with Crippen LogP contribution in [-0.4, -0.2) is 24.6 Å². The molecule has 0 aromatic rings. The summed E-state index contributed by atoms with van der Waals surface area (Å²) in [6.07, 6.45) is 2.64. The summed E-state index contributed by atoms with van der Waals surface area (Å²) in [7, 11) is 0. The molecule has 3 heteroatoms. The van der Waals surface area contributed by atoms with E-state index in [1.54, 1.807) is 0 Å². The Morgan fingerprint density at radius 2 is 2.50 bits per heavy atom. The van der Waals surface area contributed by atoms with Crippen molar-refractivity contribution in [2.75, 3.05) is 13.3 Å². The molecule has 2 aliphatic heterocycles. The summed E-state index contributed by atoms with van der Waals surface area (Å²) in [5, 5.41) is 1.92. The van der Waals surface area contributed by atoms with Crippen LogP contribution in [0.4, 0.5) is 0 Å². The van der Waals surface area contributed by atoms with Gasteiger partial charge >= 0.3 is 0 Å². The minimum absolute atomic E-state index is 0.287. The smallest absolute Gasteiger partial charge is 0.169 e. The van der Waals surface area contributed by atoms with E-state index < -0.39 is 0 Å². The molecule has 0 aliphatic carbocycles. The van der Waals surface area contributed by atoms with Crippen molar-refractivity contribution >= 4 is 0 Å². The van der Waals surface area contributed by atoms with Crippen LogP contribution in [0.5, 0.6) is 0 Å². The van der Waals surface area contributed by atoms with Crippen LogP contribution < -0.4 is 0 Å². The SMILES string of the molecule is C1CC2OCON2C1. The lowest BCUT2D eigenvalue weighted by atomic mass is 10.4. The summed E-state index contributed by atoms with van der Waals surface area (Å²) >= 11 is 0. The molecule has 0 bridgehead atoms. The van der Waals surface area contributed by atoms with Crippen LogP contribution in [0.25, 0.3) is 0 Å². The van der Waals surface area contributed by atoms with Gasteiger partial charge in [-0.2, -0.15) is 5.06 Å². The molecule has 2 aliphatic rings. The lowest BCUT2D eigenvalue weighted by Gasteiger charge is -2.07. The molecule has 0 aromatic carbocycles. The Hall–Kier alpha value is -0.120. The van der Waals surface area contributed by atoms with Crippen LogP contribution in [0.1, 0.15) is 12.8 Å². The minimum atomic E-state index is 0.287. The normalized spacial score (nSPS) is 38.2. The molecule has 2 rings (SSSR count). The zero-order valence-corrected chi connectivity index (χ0v) is 4.67. The predicted molar refractivity (Wildman–Crippen MR) is 26.8 cm³/mol. The molecule has 2 saturated heterocycles. The van der Waals surface area contributed by atoms with Crippen LogP contribution in [0, 0.1) is 0 Å². The van der Waals surface area contributed by atoms with Gasteiger partial charge in [0, 0.05) is 6.54 Å². The van der Waals surface area contributed by atoms with Crippen LogP contribution in [-0.2, 0) is 9.57 Å². The Morgan fingerprint density at radius 3 is 3.38 bits per heavy atom. The second kappa shape index (κ2) is 1.69. The van der Waals surface area contributed by atoms with Crippen molar-refractivity contribution in [1.29, 1.82) is 0 Å². The van der Waals surface area contributed by atoms with Gasteiger partial charge in [-0.05, 0) is 12.8 Å². The maximum absolute atomic E-state index is 5.18. The molecule has 0 amide bonds. The third-order valence-electron chi connectivity index (χ3n) is 1.63. The predicted octanol–water partition coefficient (Wildman–Crippen LogP) is 0.328. The van der Waals surface area contributed by atoms with Crippen molar-refractivity contribution < 1.29 is 9.57 Å². The number of nitrogens with zero attached hydrogens (tertiary/aromatic N) is 1. The van der Waals surface area contributed by atoms with Crippen LogP contribution in [0.2, 0.25) is 0 Å². The second-order valence-corrected chi connectivity index (χ2v) is 2.15. The Bertz CT molecular complexity index is 76.4. The minimum Gasteiger partial charge on any atom is -0.333 e. The molecule has 8 heavy (non-hydrogen) atoms. The molecule has 0 saturated carbocycles. The van der Waals surface area contributed by atoms with E-state index in [4.69, 9.17) is 9.57 Å². The summed E-state index contributed by atoms with van der Waals surface area (Å²) in [5.74, 6) is 0. The van der Waals surface area contributed by atoms with Gasteiger partial charge < -0.3 is 4.74 Å². The third kappa shape index (κ3) is 0.555. The van der Waals surface area contributed by atoms with E-state index in [0.29, 0.717) is 6.79 Å². The van der Waals surface area contributed by atoms with Gasteiger partial charge in [0.25, 0.3) is 0 Å². The first kappa shape index (κ1) is 4.73. The van der Waals surface area contributed by atoms with Crippen molar-refractivity contribution in [3.8, 4) is 0 Å². The molecule has 1 unspecified atom stereocenters. The van der Waals surface area contributed by atoms with Gasteiger partial charge in [0.1, 0.15) is 6.23 Å². The lowest BCUT2D eigenvalue weighted by Crippen LogP contribution is -2.20. The average molecular weight is 115 g/mol. The quantitative estimate of drug-likeness (QED) is 0.454. The standard InChI is InChI=1S/C5H9NO2/c1-2-5-6(3-1)8-4-7-5/h5H,1-4H2. The van der Waals surface area contributed by atoms with Crippen molar-refractivity contribution in [3.05, 3.63) is 0 Å². The van der Waals surface area contributed by atoms with E-state index in [1.165, 1.54) is 6.42 Å². The molecule has 0 aromatic heterocycles. The van der Waals surface area contributed by atoms with Gasteiger partial charge in [0.2, 0.25) is 0 Å². The Morgan fingerprint density at radius 1 is 1.50 bits per heavy atom. The van der Waals surface area contributed by atoms with E-state index >= 15 is 0 Å². The highest BCUT2D eigenvalue weighted by molar-refractivity contribution is 4.66. The first-order valence-electron chi connectivity index (χ1n) is 2.98. The van der Waals surface area contributed by atoms with E-state index in [9.17, 15) is 0 Å². The summed E-state index contributed by atoms with van der Waals surface area (Å²) in [4.78, 5) is 5.09. The van der Waals surface area contributed by atoms with Crippen molar-refractivity contribution in [2.45, 2.75) is 19.1 Å². The zero-order valence-electron chi connectivity index (χ0n) is 4.67. The second-order valence-electron chi connectivity index (χ2n) is 2.15.